The van der Waals surface area contributed by atoms with Crippen LogP contribution in [0.3, 0.4) is 0 Å². The Hall–Kier alpha value is -1.95. The number of alkyl halides is 1. The Kier molecular flexibility index (Phi) is 8.32. The van der Waals surface area contributed by atoms with Gasteiger partial charge in [0.15, 0.2) is 9.84 Å². The molecule has 0 spiro atoms. The maximum atomic E-state index is 12.2. The number of hydrogen-bond acceptors (Lipinski definition) is 7. The molecule has 1 amide bonds. The van der Waals surface area contributed by atoms with Gasteiger partial charge in [-0.05, 0) is 44.7 Å². The van der Waals surface area contributed by atoms with Gasteiger partial charge in [-0.1, -0.05) is 34.7 Å². The van der Waals surface area contributed by atoms with Gasteiger partial charge in [-0.3, -0.25) is 0 Å². The summed E-state index contributed by atoms with van der Waals surface area (Å²) in [6, 6.07) is 6.54. The fourth-order valence-electron chi connectivity index (χ4n) is 3.52. The van der Waals surface area contributed by atoms with Gasteiger partial charge in [0, 0.05) is 29.3 Å². The average molecular weight is 573 g/mol. The third-order valence-corrected chi connectivity index (χ3v) is 7.86. The summed E-state index contributed by atoms with van der Waals surface area (Å²) in [5, 5.41) is 0. The SMILES string of the molecule is CC(CI)OC(=O)N1CCC(C(C)Oc2cnc(-c3ccc(S(C)(=O)=O)cc3)cn2)CC1. The van der Waals surface area contributed by atoms with E-state index in [1.165, 1.54) is 6.26 Å². The quantitative estimate of drug-likeness (QED) is 0.365. The molecular weight excluding hydrogens is 545 g/mol. The summed E-state index contributed by atoms with van der Waals surface area (Å²) in [5.74, 6) is 0.748. The summed E-state index contributed by atoms with van der Waals surface area (Å²) in [4.78, 5) is 23.0. The Morgan fingerprint density at radius 1 is 1.16 bits per heavy atom. The van der Waals surface area contributed by atoms with Crippen molar-refractivity contribution in [2.75, 3.05) is 23.8 Å². The maximum absolute atomic E-state index is 12.2. The van der Waals surface area contributed by atoms with Gasteiger partial charge in [0.2, 0.25) is 5.88 Å². The highest BCUT2D eigenvalue weighted by molar-refractivity contribution is 14.1. The minimum absolute atomic E-state index is 0.0596. The number of carbonyl (C=O) groups excluding carboxylic acids is 1. The van der Waals surface area contributed by atoms with Crippen molar-refractivity contribution in [3.63, 3.8) is 0 Å². The van der Waals surface area contributed by atoms with Gasteiger partial charge in [-0.25, -0.2) is 23.2 Å². The number of rotatable bonds is 7. The predicted octanol–water partition coefficient (Wildman–Crippen LogP) is 3.99. The fourth-order valence-corrected chi connectivity index (χ4v) is 4.33. The van der Waals surface area contributed by atoms with Crippen LogP contribution < -0.4 is 4.74 Å². The van der Waals surface area contributed by atoms with E-state index in [2.05, 4.69) is 32.6 Å². The molecule has 0 saturated carbocycles. The van der Waals surface area contributed by atoms with Gasteiger partial charge in [0.1, 0.15) is 12.2 Å². The van der Waals surface area contributed by atoms with Crippen LogP contribution in [-0.4, -0.2) is 65.4 Å². The van der Waals surface area contributed by atoms with Crippen molar-refractivity contribution in [1.82, 2.24) is 14.9 Å². The lowest BCUT2D eigenvalue weighted by atomic mass is 9.92. The molecule has 0 aliphatic carbocycles. The summed E-state index contributed by atoms with van der Waals surface area (Å²) in [6.45, 7) is 5.21. The van der Waals surface area contributed by atoms with Gasteiger partial charge < -0.3 is 14.4 Å². The Balaban J connectivity index is 1.53. The lowest BCUT2D eigenvalue weighted by Crippen LogP contribution is -2.43. The first-order valence-electron chi connectivity index (χ1n) is 10.5. The van der Waals surface area contributed by atoms with Gasteiger partial charge in [0.25, 0.3) is 0 Å². The topological polar surface area (TPSA) is 98.7 Å². The number of likely N-dealkylation sites (tertiary alicyclic amines) is 1. The number of sulfone groups is 1. The van der Waals surface area contributed by atoms with Crippen LogP contribution in [0.25, 0.3) is 11.3 Å². The van der Waals surface area contributed by atoms with E-state index in [9.17, 15) is 13.2 Å². The van der Waals surface area contributed by atoms with E-state index in [1.54, 1.807) is 41.6 Å². The molecule has 2 atom stereocenters. The molecule has 1 fully saturated rings. The first-order chi connectivity index (χ1) is 15.2. The summed E-state index contributed by atoms with van der Waals surface area (Å²) in [5.41, 5.74) is 1.42. The zero-order chi connectivity index (χ0) is 23.3. The van der Waals surface area contributed by atoms with Crippen molar-refractivity contribution in [3.05, 3.63) is 36.7 Å². The van der Waals surface area contributed by atoms with Crippen LogP contribution in [0.4, 0.5) is 4.79 Å². The highest BCUT2D eigenvalue weighted by atomic mass is 127. The van der Waals surface area contributed by atoms with Gasteiger partial charge in [-0.15, -0.1) is 0 Å². The first-order valence-corrected chi connectivity index (χ1v) is 13.9. The van der Waals surface area contributed by atoms with E-state index in [-0.39, 0.29) is 23.2 Å². The standard InChI is InChI=1S/C22H28IN3O5S/c1-15(12-23)30-22(27)26-10-8-17(9-11-26)16(2)31-21-14-24-20(13-25-21)18-4-6-19(7-5-18)32(3,28)29/h4-7,13-17H,8-12H2,1-3H3. The van der Waals surface area contributed by atoms with E-state index < -0.39 is 9.84 Å². The van der Waals surface area contributed by atoms with Crippen molar-refractivity contribution in [2.24, 2.45) is 5.92 Å². The van der Waals surface area contributed by atoms with E-state index in [1.807, 2.05) is 13.8 Å². The molecule has 1 aromatic heterocycles. The van der Waals surface area contributed by atoms with Crippen LogP contribution >= 0.6 is 22.6 Å². The van der Waals surface area contributed by atoms with E-state index >= 15 is 0 Å². The second-order valence-electron chi connectivity index (χ2n) is 8.03. The van der Waals surface area contributed by atoms with Crippen molar-refractivity contribution in [2.45, 2.75) is 43.8 Å². The van der Waals surface area contributed by atoms with Gasteiger partial charge in [-0.2, -0.15) is 0 Å². The summed E-state index contributed by atoms with van der Waals surface area (Å²) in [7, 11) is -3.23. The number of piperidine rings is 1. The fraction of sp³-hybridized carbons (Fsp3) is 0.500. The smallest absolute Gasteiger partial charge is 0.410 e. The predicted molar refractivity (Wildman–Crippen MR) is 130 cm³/mol. The zero-order valence-corrected chi connectivity index (χ0v) is 21.4. The van der Waals surface area contributed by atoms with Crippen LogP contribution in [0.5, 0.6) is 5.88 Å². The molecule has 174 valence electrons. The second kappa shape index (κ2) is 10.8. The van der Waals surface area contributed by atoms with Gasteiger partial charge >= 0.3 is 6.09 Å². The molecule has 1 saturated heterocycles. The lowest BCUT2D eigenvalue weighted by molar-refractivity contribution is 0.0500. The first kappa shape index (κ1) is 24.7. The van der Waals surface area contributed by atoms with E-state index in [0.717, 1.165) is 22.8 Å². The highest BCUT2D eigenvalue weighted by Gasteiger charge is 2.29. The minimum Gasteiger partial charge on any atom is -0.473 e. The third kappa shape index (κ3) is 6.53. The highest BCUT2D eigenvalue weighted by Crippen LogP contribution is 2.25. The molecule has 8 nitrogen and oxygen atoms in total. The van der Waals surface area contributed by atoms with Crippen LogP contribution in [0.1, 0.15) is 26.7 Å². The molecule has 0 bridgehead atoms. The molecule has 32 heavy (non-hydrogen) atoms. The molecule has 0 N–H and O–H groups in total. The summed E-state index contributed by atoms with van der Waals surface area (Å²) < 4.78 is 35.4. The number of benzene rings is 1. The maximum Gasteiger partial charge on any atom is 0.410 e. The van der Waals surface area contributed by atoms with Crippen molar-refractivity contribution in [3.8, 4) is 17.1 Å². The van der Waals surface area contributed by atoms with Crippen LogP contribution in [0.2, 0.25) is 0 Å². The average Bonchev–Trinajstić information content (AvgIpc) is 2.79. The number of carbonyl (C=O) groups is 1. The van der Waals surface area contributed by atoms with Crippen molar-refractivity contribution < 1.29 is 22.7 Å². The molecule has 2 heterocycles. The number of aromatic nitrogens is 2. The molecule has 1 aromatic carbocycles. The van der Waals surface area contributed by atoms with Crippen LogP contribution in [0.15, 0.2) is 41.6 Å². The molecule has 2 unspecified atom stereocenters. The molecule has 10 heteroatoms. The Morgan fingerprint density at radius 3 is 2.34 bits per heavy atom. The van der Waals surface area contributed by atoms with Crippen molar-refractivity contribution >= 4 is 38.5 Å². The molecular formula is C22H28IN3O5S. The third-order valence-electron chi connectivity index (χ3n) is 5.49. The Labute approximate surface area is 202 Å². The molecule has 3 rings (SSSR count). The Bertz CT molecular complexity index is 1010. The number of hydrogen-bond donors (Lipinski definition) is 0. The molecule has 0 radical (unpaired) electrons. The minimum atomic E-state index is -3.23. The van der Waals surface area contributed by atoms with Crippen molar-refractivity contribution in [1.29, 1.82) is 0 Å². The summed E-state index contributed by atoms with van der Waals surface area (Å²) >= 11 is 2.20. The largest absolute Gasteiger partial charge is 0.473 e. The Morgan fingerprint density at radius 2 is 1.81 bits per heavy atom. The van der Waals surface area contributed by atoms with Gasteiger partial charge in [0.05, 0.1) is 23.0 Å². The van der Waals surface area contributed by atoms with E-state index in [4.69, 9.17) is 9.47 Å². The lowest BCUT2D eigenvalue weighted by Gasteiger charge is -2.34. The normalized spacial score (nSPS) is 16.9. The molecule has 2 aromatic rings. The van der Waals surface area contributed by atoms with Crippen LogP contribution in [-0.2, 0) is 14.6 Å². The zero-order valence-electron chi connectivity index (χ0n) is 18.4. The number of halogens is 1. The second-order valence-corrected chi connectivity index (χ2v) is 10.9. The summed E-state index contributed by atoms with van der Waals surface area (Å²) in [6.07, 6.45) is 5.67. The number of nitrogens with zero attached hydrogens (tertiary/aromatic N) is 3. The molecule has 1 aliphatic rings. The van der Waals surface area contributed by atoms with Crippen LogP contribution in [0, 0.1) is 5.92 Å². The number of ether oxygens (including phenoxy) is 2. The molecule has 1 aliphatic heterocycles. The monoisotopic (exact) mass is 573 g/mol. The van der Waals surface area contributed by atoms with E-state index in [0.29, 0.717) is 30.6 Å². The number of amides is 1.